The number of amides is 1. The minimum absolute atomic E-state index is 0.186. The number of nitrogens with zero attached hydrogens (tertiary/aromatic N) is 2. The highest BCUT2D eigenvalue weighted by Gasteiger charge is 2.33. The van der Waals surface area contributed by atoms with Gasteiger partial charge in [0.25, 0.3) is 5.91 Å². The minimum atomic E-state index is -3.39. The van der Waals surface area contributed by atoms with Gasteiger partial charge in [-0.2, -0.15) is 0 Å². The van der Waals surface area contributed by atoms with E-state index in [4.69, 9.17) is 0 Å². The molecule has 1 saturated heterocycles. The second kappa shape index (κ2) is 7.33. The Bertz CT molecular complexity index is 1060. The standard InChI is InChI=1S/C21H24FN3O3S/c1-14-12-16-13-15(8-9-18(16)25(14)29(2,27)28)21(26)23-20-17(22)6-5-7-19(20)24-10-3-4-11-24/h5-9,13-14H,3-4,10-12H2,1-2H3,(H,23,26). The first-order valence-corrected chi connectivity index (χ1v) is 11.6. The Kier molecular flexibility index (Phi) is 4.98. The first-order valence-electron chi connectivity index (χ1n) is 9.73. The molecule has 1 atom stereocenters. The first-order chi connectivity index (χ1) is 13.8. The number of benzene rings is 2. The zero-order valence-corrected chi connectivity index (χ0v) is 17.3. The molecule has 0 spiro atoms. The van der Waals surface area contributed by atoms with Crippen LogP contribution in [-0.2, 0) is 16.4 Å². The molecule has 1 fully saturated rings. The van der Waals surface area contributed by atoms with E-state index in [1.165, 1.54) is 16.6 Å². The average molecular weight is 418 g/mol. The lowest BCUT2D eigenvalue weighted by molar-refractivity contribution is 0.102. The van der Waals surface area contributed by atoms with Gasteiger partial charge in [0, 0.05) is 24.7 Å². The van der Waals surface area contributed by atoms with Crippen LogP contribution in [0.4, 0.5) is 21.5 Å². The van der Waals surface area contributed by atoms with Crippen LogP contribution in [0.5, 0.6) is 0 Å². The fourth-order valence-corrected chi connectivity index (χ4v) is 5.56. The van der Waals surface area contributed by atoms with Gasteiger partial charge in [0.15, 0.2) is 0 Å². The van der Waals surface area contributed by atoms with Crippen LogP contribution < -0.4 is 14.5 Å². The summed E-state index contributed by atoms with van der Waals surface area (Å²) in [6.45, 7) is 3.51. The maximum atomic E-state index is 14.5. The SMILES string of the molecule is CC1Cc2cc(C(=O)Nc3c(F)cccc3N3CCCC3)ccc2N1S(C)(=O)=O. The maximum Gasteiger partial charge on any atom is 0.255 e. The van der Waals surface area contributed by atoms with Crippen LogP contribution in [0.2, 0.25) is 0 Å². The molecule has 0 bridgehead atoms. The molecule has 0 aliphatic carbocycles. The van der Waals surface area contributed by atoms with Crippen LogP contribution in [0.25, 0.3) is 0 Å². The number of para-hydroxylation sites is 1. The van der Waals surface area contributed by atoms with Gasteiger partial charge in [0.2, 0.25) is 10.0 Å². The molecular weight excluding hydrogens is 393 g/mol. The largest absolute Gasteiger partial charge is 0.370 e. The van der Waals surface area contributed by atoms with E-state index in [2.05, 4.69) is 10.2 Å². The molecule has 6 nitrogen and oxygen atoms in total. The first kappa shape index (κ1) is 19.7. The molecule has 154 valence electrons. The second-order valence-electron chi connectivity index (χ2n) is 7.74. The summed E-state index contributed by atoms with van der Waals surface area (Å²) in [6, 6.07) is 9.53. The van der Waals surface area contributed by atoms with E-state index in [-0.39, 0.29) is 11.7 Å². The summed E-state index contributed by atoms with van der Waals surface area (Å²) in [7, 11) is -3.39. The Morgan fingerprint density at radius 1 is 1.14 bits per heavy atom. The molecule has 2 aromatic carbocycles. The Hall–Kier alpha value is -2.61. The van der Waals surface area contributed by atoms with E-state index in [0.717, 1.165) is 31.5 Å². The van der Waals surface area contributed by atoms with Crippen molar-refractivity contribution in [1.82, 2.24) is 0 Å². The molecule has 2 heterocycles. The van der Waals surface area contributed by atoms with Gasteiger partial charge in [-0.1, -0.05) is 6.07 Å². The summed E-state index contributed by atoms with van der Waals surface area (Å²) in [5.41, 5.74) is 2.64. The van der Waals surface area contributed by atoms with E-state index in [9.17, 15) is 17.6 Å². The summed E-state index contributed by atoms with van der Waals surface area (Å²) >= 11 is 0. The van der Waals surface area contributed by atoms with Gasteiger partial charge in [0.1, 0.15) is 11.5 Å². The van der Waals surface area contributed by atoms with Crippen LogP contribution in [0, 0.1) is 5.82 Å². The molecule has 4 rings (SSSR count). The highest BCUT2D eigenvalue weighted by atomic mass is 32.2. The zero-order chi connectivity index (χ0) is 20.8. The third-order valence-electron chi connectivity index (χ3n) is 5.53. The topological polar surface area (TPSA) is 69.7 Å². The number of halogens is 1. The van der Waals surface area contributed by atoms with E-state index in [1.807, 2.05) is 13.0 Å². The van der Waals surface area contributed by atoms with Crippen molar-refractivity contribution < 1.29 is 17.6 Å². The van der Waals surface area contributed by atoms with Crippen molar-refractivity contribution >= 4 is 33.0 Å². The van der Waals surface area contributed by atoms with Crippen molar-refractivity contribution in [2.75, 3.05) is 33.9 Å². The molecule has 0 radical (unpaired) electrons. The fraction of sp³-hybridized carbons (Fsp3) is 0.381. The summed E-state index contributed by atoms with van der Waals surface area (Å²) in [5, 5.41) is 2.73. The molecular formula is C21H24FN3O3S. The van der Waals surface area contributed by atoms with Crippen LogP contribution >= 0.6 is 0 Å². The lowest BCUT2D eigenvalue weighted by Gasteiger charge is -2.22. The van der Waals surface area contributed by atoms with E-state index >= 15 is 0 Å². The number of nitrogens with one attached hydrogen (secondary N) is 1. The van der Waals surface area contributed by atoms with E-state index in [1.54, 1.807) is 24.3 Å². The maximum absolute atomic E-state index is 14.5. The Labute approximate surface area is 170 Å². The molecule has 2 aromatic rings. The number of anilines is 3. The minimum Gasteiger partial charge on any atom is -0.370 e. The lowest BCUT2D eigenvalue weighted by Crippen LogP contribution is -2.34. The lowest BCUT2D eigenvalue weighted by atomic mass is 10.1. The van der Waals surface area contributed by atoms with Crippen LogP contribution in [-0.4, -0.2) is 39.7 Å². The quantitative estimate of drug-likeness (QED) is 0.828. The predicted molar refractivity (Wildman–Crippen MR) is 113 cm³/mol. The van der Waals surface area contributed by atoms with Crippen molar-refractivity contribution in [2.45, 2.75) is 32.2 Å². The van der Waals surface area contributed by atoms with Crippen LogP contribution in [0.3, 0.4) is 0 Å². The van der Waals surface area contributed by atoms with Crippen molar-refractivity contribution in [2.24, 2.45) is 0 Å². The van der Waals surface area contributed by atoms with Gasteiger partial charge in [-0.05, 0) is 62.1 Å². The highest BCUT2D eigenvalue weighted by molar-refractivity contribution is 7.92. The van der Waals surface area contributed by atoms with Crippen molar-refractivity contribution in [1.29, 1.82) is 0 Å². The number of fused-ring (bicyclic) bond motifs is 1. The summed E-state index contributed by atoms with van der Waals surface area (Å²) < 4.78 is 40.0. The third kappa shape index (κ3) is 3.69. The van der Waals surface area contributed by atoms with Gasteiger partial charge < -0.3 is 10.2 Å². The summed E-state index contributed by atoms with van der Waals surface area (Å²) in [6.07, 6.45) is 3.80. The molecule has 0 aromatic heterocycles. The Morgan fingerprint density at radius 3 is 2.55 bits per heavy atom. The van der Waals surface area contributed by atoms with Crippen LogP contribution in [0.1, 0.15) is 35.7 Å². The van der Waals surface area contributed by atoms with Crippen molar-refractivity contribution in [3.05, 3.63) is 53.3 Å². The number of hydrogen-bond donors (Lipinski definition) is 1. The third-order valence-corrected chi connectivity index (χ3v) is 6.80. The molecule has 29 heavy (non-hydrogen) atoms. The van der Waals surface area contributed by atoms with E-state index in [0.29, 0.717) is 23.4 Å². The Morgan fingerprint density at radius 2 is 1.86 bits per heavy atom. The van der Waals surface area contributed by atoms with Gasteiger partial charge in [-0.25, -0.2) is 12.8 Å². The number of rotatable bonds is 4. The number of sulfonamides is 1. The zero-order valence-electron chi connectivity index (χ0n) is 16.5. The average Bonchev–Trinajstić information content (AvgIpc) is 3.28. The Balaban J connectivity index is 1.62. The van der Waals surface area contributed by atoms with Gasteiger partial charge in [0.05, 0.1) is 17.6 Å². The molecule has 2 aliphatic rings. The number of carbonyl (C=O) groups excluding carboxylic acids is 1. The number of carbonyl (C=O) groups is 1. The molecule has 2 aliphatic heterocycles. The highest BCUT2D eigenvalue weighted by Crippen LogP contribution is 2.35. The van der Waals surface area contributed by atoms with Crippen LogP contribution in [0.15, 0.2) is 36.4 Å². The molecule has 1 amide bonds. The normalized spacial score (nSPS) is 18.8. The van der Waals surface area contributed by atoms with Gasteiger partial charge in [-0.3, -0.25) is 9.10 Å². The van der Waals surface area contributed by atoms with Crippen molar-refractivity contribution in [3.8, 4) is 0 Å². The smallest absolute Gasteiger partial charge is 0.255 e. The molecule has 8 heteroatoms. The fourth-order valence-electron chi connectivity index (χ4n) is 4.29. The summed E-state index contributed by atoms with van der Waals surface area (Å²) in [5.74, 6) is -0.885. The molecule has 1 unspecified atom stereocenters. The monoisotopic (exact) mass is 417 g/mol. The second-order valence-corrected chi connectivity index (χ2v) is 9.60. The van der Waals surface area contributed by atoms with Crippen molar-refractivity contribution in [3.63, 3.8) is 0 Å². The van der Waals surface area contributed by atoms with Gasteiger partial charge in [-0.15, -0.1) is 0 Å². The molecule has 0 saturated carbocycles. The number of hydrogen-bond acceptors (Lipinski definition) is 4. The van der Waals surface area contributed by atoms with Gasteiger partial charge >= 0.3 is 0 Å². The van der Waals surface area contributed by atoms with E-state index < -0.39 is 21.7 Å². The predicted octanol–water partition coefficient (Wildman–Crippen LogP) is 3.39. The molecule has 1 N–H and O–H groups in total. The summed E-state index contributed by atoms with van der Waals surface area (Å²) in [4.78, 5) is 14.9.